The molecule has 0 radical (unpaired) electrons. The zero-order valence-electron chi connectivity index (χ0n) is 11.5. The summed E-state index contributed by atoms with van der Waals surface area (Å²) in [7, 11) is 0. The zero-order valence-corrected chi connectivity index (χ0v) is 12.3. The van der Waals surface area contributed by atoms with Gasteiger partial charge in [-0.3, -0.25) is 4.79 Å². The maximum Gasteiger partial charge on any atom is 0.445 e. The van der Waals surface area contributed by atoms with Crippen molar-refractivity contribution >= 4 is 22.4 Å². The third-order valence-electron chi connectivity index (χ3n) is 2.51. The first-order valence-electron chi connectivity index (χ1n) is 6.30. The molecular formula is C13H12F3N3O2S. The number of carbonyl (C=O) groups excluding carboxylic acids is 1. The molecule has 0 saturated heterocycles. The van der Waals surface area contributed by atoms with E-state index in [-0.39, 0.29) is 22.9 Å². The van der Waals surface area contributed by atoms with Crippen molar-refractivity contribution in [3.8, 4) is 5.75 Å². The van der Waals surface area contributed by atoms with Crippen LogP contribution in [0.3, 0.4) is 0 Å². The van der Waals surface area contributed by atoms with Crippen LogP contribution in [0, 0.1) is 0 Å². The van der Waals surface area contributed by atoms with Crippen molar-refractivity contribution in [2.24, 2.45) is 0 Å². The SMILES string of the molecule is CCOc1ccc(CC(=O)Nc2nnc(C(F)(F)F)s2)cc1. The minimum atomic E-state index is -4.56. The smallest absolute Gasteiger partial charge is 0.445 e. The monoisotopic (exact) mass is 331 g/mol. The van der Waals surface area contributed by atoms with Crippen molar-refractivity contribution in [3.05, 3.63) is 34.8 Å². The number of nitrogens with zero attached hydrogens (tertiary/aromatic N) is 2. The van der Waals surface area contributed by atoms with Crippen molar-refractivity contribution in [1.82, 2.24) is 10.2 Å². The summed E-state index contributed by atoms with van der Waals surface area (Å²) < 4.78 is 42.4. The third-order valence-corrected chi connectivity index (χ3v) is 3.40. The van der Waals surface area contributed by atoms with Crippen LogP contribution in [0.15, 0.2) is 24.3 Å². The molecule has 0 fully saturated rings. The summed E-state index contributed by atoms with van der Waals surface area (Å²) in [5, 5.41) is 7.32. The molecular weight excluding hydrogens is 319 g/mol. The van der Waals surface area contributed by atoms with Crippen LogP contribution < -0.4 is 10.1 Å². The van der Waals surface area contributed by atoms with Crippen molar-refractivity contribution in [2.75, 3.05) is 11.9 Å². The Morgan fingerprint density at radius 3 is 2.50 bits per heavy atom. The van der Waals surface area contributed by atoms with E-state index in [9.17, 15) is 18.0 Å². The van der Waals surface area contributed by atoms with Gasteiger partial charge in [-0.2, -0.15) is 13.2 Å². The van der Waals surface area contributed by atoms with Gasteiger partial charge in [-0.05, 0) is 24.6 Å². The minimum absolute atomic E-state index is 0.0212. The van der Waals surface area contributed by atoms with Crippen LogP contribution in [-0.2, 0) is 17.4 Å². The van der Waals surface area contributed by atoms with E-state index in [1.165, 1.54) is 0 Å². The highest BCUT2D eigenvalue weighted by atomic mass is 32.1. The van der Waals surface area contributed by atoms with Gasteiger partial charge in [0.15, 0.2) is 0 Å². The largest absolute Gasteiger partial charge is 0.494 e. The first kappa shape index (κ1) is 16.2. The summed E-state index contributed by atoms with van der Waals surface area (Å²) >= 11 is 0.289. The molecule has 1 aromatic carbocycles. The Labute approximate surface area is 128 Å². The van der Waals surface area contributed by atoms with Gasteiger partial charge in [0.05, 0.1) is 13.0 Å². The number of halogens is 3. The summed E-state index contributed by atoms with van der Waals surface area (Å²) in [5.41, 5.74) is 0.710. The Kier molecular flexibility index (Phi) is 4.96. The molecule has 2 aromatic rings. The maximum absolute atomic E-state index is 12.4. The first-order valence-corrected chi connectivity index (χ1v) is 7.12. The molecule has 9 heteroatoms. The highest BCUT2D eigenvalue weighted by Gasteiger charge is 2.35. The molecule has 1 N–H and O–H groups in total. The molecule has 1 aromatic heterocycles. The number of hydrogen-bond acceptors (Lipinski definition) is 5. The minimum Gasteiger partial charge on any atom is -0.494 e. The molecule has 0 unspecified atom stereocenters. The standard InChI is InChI=1S/C13H12F3N3O2S/c1-2-21-9-5-3-8(4-6-9)7-10(20)17-12-19-18-11(22-12)13(14,15)16/h3-6H,2,7H2,1H3,(H,17,19,20). The highest BCUT2D eigenvalue weighted by Crippen LogP contribution is 2.32. The fraction of sp³-hybridized carbons (Fsp3) is 0.308. The number of hydrogen-bond donors (Lipinski definition) is 1. The third kappa shape index (κ3) is 4.42. The van der Waals surface area contributed by atoms with E-state index in [0.29, 0.717) is 17.9 Å². The average molecular weight is 331 g/mol. The molecule has 118 valence electrons. The lowest BCUT2D eigenvalue weighted by Crippen LogP contribution is -2.14. The van der Waals surface area contributed by atoms with E-state index in [1.807, 2.05) is 6.92 Å². The summed E-state index contributed by atoms with van der Waals surface area (Å²) in [6.45, 7) is 2.40. The Hall–Kier alpha value is -2.16. The Balaban J connectivity index is 1.94. The Bertz CT molecular complexity index is 641. The number of amides is 1. The molecule has 2 rings (SSSR count). The first-order chi connectivity index (χ1) is 10.4. The lowest BCUT2D eigenvalue weighted by Gasteiger charge is -2.05. The van der Waals surface area contributed by atoms with Gasteiger partial charge < -0.3 is 10.1 Å². The van der Waals surface area contributed by atoms with Gasteiger partial charge in [0.1, 0.15) is 5.75 Å². The average Bonchev–Trinajstić information content (AvgIpc) is 2.89. The van der Waals surface area contributed by atoms with Crippen LogP contribution in [0.1, 0.15) is 17.5 Å². The van der Waals surface area contributed by atoms with Crippen LogP contribution in [-0.4, -0.2) is 22.7 Å². The molecule has 5 nitrogen and oxygen atoms in total. The molecule has 0 aliphatic heterocycles. The number of ether oxygens (including phenoxy) is 1. The highest BCUT2D eigenvalue weighted by molar-refractivity contribution is 7.15. The van der Waals surface area contributed by atoms with Gasteiger partial charge in [0.25, 0.3) is 0 Å². The second kappa shape index (κ2) is 6.73. The van der Waals surface area contributed by atoms with Crippen LogP contribution in [0.25, 0.3) is 0 Å². The molecule has 0 aliphatic carbocycles. The van der Waals surface area contributed by atoms with Crippen LogP contribution >= 0.6 is 11.3 Å². The van der Waals surface area contributed by atoms with Crippen molar-refractivity contribution in [3.63, 3.8) is 0 Å². The van der Waals surface area contributed by atoms with E-state index in [0.717, 1.165) is 0 Å². The maximum atomic E-state index is 12.4. The van der Waals surface area contributed by atoms with E-state index < -0.39 is 17.1 Å². The van der Waals surface area contributed by atoms with Crippen molar-refractivity contribution in [2.45, 2.75) is 19.5 Å². The number of anilines is 1. The molecule has 1 amide bonds. The fourth-order valence-corrected chi connectivity index (χ4v) is 2.23. The number of carbonyl (C=O) groups is 1. The molecule has 0 spiro atoms. The fourth-order valence-electron chi connectivity index (χ4n) is 1.61. The van der Waals surface area contributed by atoms with Gasteiger partial charge in [0, 0.05) is 0 Å². The lowest BCUT2D eigenvalue weighted by molar-refractivity contribution is -0.138. The number of benzene rings is 1. The summed E-state index contributed by atoms with van der Waals surface area (Å²) in [4.78, 5) is 11.8. The van der Waals surface area contributed by atoms with E-state index in [4.69, 9.17) is 4.74 Å². The van der Waals surface area contributed by atoms with E-state index in [1.54, 1.807) is 24.3 Å². The van der Waals surface area contributed by atoms with Crippen LogP contribution in [0.4, 0.5) is 18.3 Å². The number of alkyl halides is 3. The van der Waals surface area contributed by atoms with Crippen LogP contribution in [0.5, 0.6) is 5.75 Å². The summed E-state index contributed by atoms with van der Waals surface area (Å²) in [6.07, 6.45) is -4.54. The quantitative estimate of drug-likeness (QED) is 0.914. The van der Waals surface area contributed by atoms with Gasteiger partial charge in [-0.15, -0.1) is 10.2 Å². The van der Waals surface area contributed by atoms with Gasteiger partial charge in [0.2, 0.25) is 16.0 Å². The molecule has 0 saturated carbocycles. The molecule has 0 aliphatic rings. The number of rotatable bonds is 5. The number of nitrogens with one attached hydrogen (secondary N) is 1. The zero-order chi connectivity index (χ0) is 16.2. The lowest BCUT2D eigenvalue weighted by atomic mass is 10.1. The van der Waals surface area contributed by atoms with Gasteiger partial charge in [-0.25, -0.2) is 0 Å². The predicted octanol–water partition coefficient (Wildman–Crippen LogP) is 3.14. The molecule has 22 heavy (non-hydrogen) atoms. The predicted molar refractivity (Wildman–Crippen MR) is 74.9 cm³/mol. The Morgan fingerprint density at radius 2 is 1.95 bits per heavy atom. The topological polar surface area (TPSA) is 64.1 Å². The van der Waals surface area contributed by atoms with Crippen molar-refractivity contribution < 1.29 is 22.7 Å². The van der Waals surface area contributed by atoms with E-state index >= 15 is 0 Å². The van der Waals surface area contributed by atoms with E-state index in [2.05, 4.69) is 15.5 Å². The van der Waals surface area contributed by atoms with Gasteiger partial charge >= 0.3 is 6.18 Å². The molecule has 0 atom stereocenters. The normalized spacial score (nSPS) is 11.3. The Morgan fingerprint density at radius 1 is 1.27 bits per heavy atom. The molecule has 0 bridgehead atoms. The second-order valence-electron chi connectivity index (χ2n) is 4.21. The summed E-state index contributed by atoms with van der Waals surface area (Å²) in [6, 6.07) is 6.87. The van der Waals surface area contributed by atoms with Gasteiger partial charge in [-0.1, -0.05) is 23.5 Å². The second-order valence-corrected chi connectivity index (χ2v) is 5.19. The molecule has 1 heterocycles. The van der Waals surface area contributed by atoms with Crippen LogP contribution in [0.2, 0.25) is 0 Å². The summed E-state index contributed by atoms with van der Waals surface area (Å²) in [5.74, 6) is 0.222. The number of aromatic nitrogens is 2. The van der Waals surface area contributed by atoms with Crippen molar-refractivity contribution in [1.29, 1.82) is 0 Å².